The SMILES string of the molecule is C=C/C=C\C(C)C=C. The highest BCUT2D eigenvalue weighted by Gasteiger charge is 1.81. The van der Waals surface area contributed by atoms with Gasteiger partial charge < -0.3 is 0 Å². The van der Waals surface area contributed by atoms with Crippen molar-refractivity contribution in [3.05, 3.63) is 37.5 Å². The molecule has 0 fully saturated rings. The largest absolute Gasteiger partial charge is 0.102 e. The van der Waals surface area contributed by atoms with Gasteiger partial charge in [-0.3, -0.25) is 0 Å². The fourth-order valence-corrected chi connectivity index (χ4v) is 0.332. The van der Waals surface area contributed by atoms with Gasteiger partial charge in [0.25, 0.3) is 0 Å². The first-order chi connectivity index (χ1) is 3.81. The Balaban J connectivity index is 3.50. The van der Waals surface area contributed by atoms with Crippen LogP contribution in [-0.4, -0.2) is 0 Å². The number of hydrogen-bond acceptors (Lipinski definition) is 0. The molecule has 0 aromatic rings. The molecule has 0 aromatic carbocycles. The molecule has 0 aliphatic rings. The van der Waals surface area contributed by atoms with Gasteiger partial charge in [-0.1, -0.05) is 37.8 Å². The first kappa shape index (κ1) is 7.22. The van der Waals surface area contributed by atoms with E-state index in [9.17, 15) is 0 Å². The molecule has 0 nitrogen and oxygen atoms in total. The molecule has 0 amide bonds. The monoisotopic (exact) mass is 108 g/mol. The summed E-state index contributed by atoms with van der Waals surface area (Å²) in [6.45, 7) is 9.25. The molecule has 0 N–H and O–H groups in total. The van der Waals surface area contributed by atoms with E-state index in [0.717, 1.165) is 0 Å². The molecule has 0 heterocycles. The van der Waals surface area contributed by atoms with Gasteiger partial charge in [-0.25, -0.2) is 0 Å². The Labute approximate surface area is 51.2 Å². The Kier molecular flexibility index (Phi) is 3.95. The zero-order chi connectivity index (χ0) is 6.41. The lowest BCUT2D eigenvalue weighted by Crippen LogP contribution is -1.77. The van der Waals surface area contributed by atoms with Gasteiger partial charge in [-0.2, -0.15) is 0 Å². The summed E-state index contributed by atoms with van der Waals surface area (Å²) in [5, 5.41) is 0. The van der Waals surface area contributed by atoms with Gasteiger partial charge in [0.2, 0.25) is 0 Å². The maximum atomic E-state index is 3.63. The average molecular weight is 108 g/mol. The fraction of sp³-hybridized carbons (Fsp3) is 0.250. The topological polar surface area (TPSA) is 0 Å². The zero-order valence-electron chi connectivity index (χ0n) is 5.30. The summed E-state index contributed by atoms with van der Waals surface area (Å²) < 4.78 is 0. The summed E-state index contributed by atoms with van der Waals surface area (Å²) in [7, 11) is 0. The Hall–Kier alpha value is -0.780. The van der Waals surface area contributed by atoms with Crippen molar-refractivity contribution in [2.45, 2.75) is 6.92 Å². The molecule has 0 aliphatic heterocycles. The fourth-order valence-electron chi connectivity index (χ4n) is 0.332. The predicted molar refractivity (Wildman–Crippen MR) is 38.7 cm³/mol. The molecule has 0 rings (SSSR count). The van der Waals surface area contributed by atoms with Gasteiger partial charge in [0.05, 0.1) is 0 Å². The number of allylic oxidation sites excluding steroid dienone is 4. The lowest BCUT2D eigenvalue weighted by atomic mass is 10.2. The highest BCUT2D eigenvalue weighted by Crippen LogP contribution is 1.95. The van der Waals surface area contributed by atoms with Crippen molar-refractivity contribution in [1.29, 1.82) is 0 Å². The summed E-state index contributed by atoms with van der Waals surface area (Å²) in [4.78, 5) is 0. The molecule has 44 valence electrons. The van der Waals surface area contributed by atoms with Gasteiger partial charge in [-0.05, 0) is 5.92 Å². The van der Waals surface area contributed by atoms with Gasteiger partial charge in [0, 0.05) is 0 Å². The van der Waals surface area contributed by atoms with Crippen LogP contribution in [0.25, 0.3) is 0 Å². The predicted octanol–water partition coefficient (Wildman–Crippen LogP) is 2.55. The van der Waals surface area contributed by atoms with Crippen LogP contribution in [0.2, 0.25) is 0 Å². The molecule has 0 aliphatic carbocycles. The maximum absolute atomic E-state index is 3.63. The van der Waals surface area contributed by atoms with Crippen molar-refractivity contribution < 1.29 is 0 Å². The first-order valence-electron chi connectivity index (χ1n) is 2.73. The number of hydrogen-bond donors (Lipinski definition) is 0. The molecule has 0 spiro atoms. The molecule has 1 atom stereocenters. The second-order valence-electron chi connectivity index (χ2n) is 1.72. The van der Waals surface area contributed by atoms with Crippen LogP contribution in [0, 0.1) is 5.92 Å². The van der Waals surface area contributed by atoms with E-state index in [1.165, 1.54) is 0 Å². The average Bonchev–Trinajstić information content (AvgIpc) is 1.83. The third-order valence-electron chi connectivity index (χ3n) is 0.923. The highest BCUT2D eigenvalue weighted by atomic mass is 13.9. The maximum Gasteiger partial charge on any atom is -0.00814 e. The minimum absolute atomic E-state index is 0.466. The summed E-state index contributed by atoms with van der Waals surface area (Å²) >= 11 is 0. The Morgan fingerprint density at radius 3 is 2.38 bits per heavy atom. The third-order valence-corrected chi connectivity index (χ3v) is 0.923. The Morgan fingerprint density at radius 1 is 1.38 bits per heavy atom. The molecule has 8 heavy (non-hydrogen) atoms. The van der Waals surface area contributed by atoms with E-state index in [0.29, 0.717) is 5.92 Å². The molecular weight excluding hydrogens is 96.1 g/mol. The molecular formula is C8H12. The van der Waals surface area contributed by atoms with E-state index >= 15 is 0 Å². The summed E-state index contributed by atoms with van der Waals surface area (Å²) in [6, 6.07) is 0. The van der Waals surface area contributed by atoms with Crippen molar-refractivity contribution in [2.75, 3.05) is 0 Å². The standard InChI is InChI=1S/C8H12/c1-4-6-7-8(3)5-2/h4-8H,1-2H2,3H3/b7-6-. The molecule has 0 saturated carbocycles. The second kappa shape index (κ2) is 4.38. The lowest BCUT2D eigenvalue weighted by Gasteiger charge is -1.90. The van der Waals surface area contributed by atoms with Crippen LogP contribution in [0.15, 0.2) is 37.5 Å². The quantitative estimate of drug-likeness (QED) is 0.385. The zero-order valence-corrected chi connectivity index (χ0v) is 5.30. The van der Waals surface area contributed by atoms with Crippen LogP contribution in [0.4, 0.5) is 0 Å². The van der Waals surface area contributed by atoms with Crippen molar-refractivity contribution in [2.24, 2.45) is 5.92 Å². The molecule has 0 radical (unpaired) electrons. The van der Waals surface area contributed by atoms with Crippen LogP contribution < -0.4 is 0 Å². The van der Waals surface area contributed by atoms with E-state index in [-0.39, 0.29) is 0 Å². The Bertz CT molecular complexity index is 98.6. The molecule has 0 saturated heterocycles. The third kappa shape index (κ3) is 3.41. The van der Waals surface area contributed by atoms with Gasteiger partial charge in [0.15, 0.2) is 0 Å². The van der Waals surface area contributed by atoms with Crippen molar-refractivity contribution in [1.82, 2.24) is 0 Å². The van der Waals surface area contributed by atoms with Crippen LogP contribution in [0.1, 0.15) is 6.92 Å². The summed E-state index contributed by atoms with van der Waals surface area (Å²) in [6.07, 6.45) is 7.62. The highest BCUT2D eigenvalue weighted by molar-refractivity contribution is 5.02. The van der Waals surface area contributed by atoms with E-state index in [1.807, 2.05) is 18.2 Å². The van der Waals surface area contributed by atoms with E-state index in [4.69, 9.17) is 0 Å². The second-order valence-corrected chi connectivity index (χ2v) is 1.72. The summed E-state index contributed by atoms with van der Waals surface area (Å²) in [5.41, 5.74) is 0. The minimum atomic E-state index is 0.466. The normalized spacial score (nSPS) is 13.6. The minimum Gasteiger partial charge on any atom is -0.102 e. The van der Waals surface area contributed by atoms with Crippen LogP contribution in [0.3, 0.4) is 0 Å². The lowest BCUT2D eigenvalue weighted by molar-refractivity contribution is 0.944. The van der Waals surface area contributed by atoms with Gasteiger partial charge in [0.1, 0.15) is 0 Å². The van der Waals surface area contributed by atoms with Crippen molar-refractivity contribution in [3.8, 4) is 0 Å². The van der Waals surface area contributed by atoms with Crippen LogP contribution >= 0.6 is 0 Å². The van der Waals surface area contributed by atoms with E-state index < -0.39 is 0 Å². The molecule has 0 heteroatoms. The van der Waals surface area contributed by atoms with Gasteiger partial charge in [-0.15, -0.1) is 6.58 Å². The Morgan fingerprint density at radius 2 is 2.00 bits per heavy atom. The van der Waals surface area contributed by atoms with E-state index in [2.05, 4.69) is 20.1 Å². The van der Waals surface area contributed by atoms with E-state index in [1.54, 1.807) is 6.08 Å². The number of rotatable bonds is 3. The molecule has 1 unspecified atom stereocenters. The van der Waals surface area contributed by atoms with Crippen molar-refractivity contribution in [3.63, 3.8) is 0 Å². The smallest absolute Gasteiger partial charge is 0.00814 e. The molecule has 0 bridgehead atoms. The summed E-state index contributed by atoms with van der Waals surface area (Å²) in [5.74, 6) is 0.466. The van der Waals surface area contributed by atoms with Crippen LogP contribution in [-0.2, 0) is 0 Å². The first-order valence-corrected chi connectivity index (χ1v) is 2.73. The van der Waals surface area contributed by atoms with Crippen LogP contribution in [0.5, 0.6) is 0 Å². The molecule has 0 aromatic heterocycles. The van der Waals surface area contributed by atoms with Crippen molar-refractivity contribution >= 4 is 0 Å². The van der Waals surface area contributed by atoms with Gasteiger partial charge >= 0.3 is 0 Å².